The second kappa shape index (κ2) is 9.17. The fourth-order valence-corrected chi connectivity index (χ4v) is 4.61. The quantitative estimate of drug-likeness (QED) is 0.459. The highest BCUT2D eigenvalue weighted by molar-refractivity contribution is 7.91. The number of alkyl halides is 3. The van der Waals surface area contributed by atoms with Crippen LogP contribution in [0.2, 0.25) is 5.02 Å². The molecule has 0 aliphatic heterocycles. The summed E-state index contributed by atoms with van der Waals surface area (Å²) in [5, 5.41) is 4.88. The summed E-state index contributed by atoms with van der Waals surface area (Å²) >= 11 is 5.75. The summed E-state index contributed by atoms with van der Waals surface area (Å²) in [6.07, 6.45) is -4.98. The number of benzene rings is 3. The molecule has 0 aliphatic carbocycles. The number of hydrogen-bond acceptors (Lipinski definition) is 4. The van der Waals surface area contributed by atoms with Gasteiger partial charge in [0.2, 0.25) is 15.7 Å². The molecule has 0 bridgehead atoms. The lowest BCUT2D eigenvalue weighted by Crippen LogP contribution is -2.24. The Hall–Kier alpha value is -3.11. The molecule has 3 aromatic rings. The Morgan fingerprint density at radius 3 is 2.16 bits per heavy atom. The number of rotatable bonds is 6. The van der Waals surface area contributed by atoms with Gasteiger partial charge < -0.3 is 10.6 Å². The minimum atomic E-state index is -4.98. The average molecular weight is 487 g/mol. The lowest BCUT2D eigenvalue weighted by molar-refractivity contribution is -0.139. The summed E-state index contributed by atoms with van der Waals surface area (Å²) in [5.74, 6) is -1.49. The van der Waals surface area contributed by atoms with Crippen LogP contribution in [0, 0.1) is 5.82 Å². The van der Waals surface area contributed by atoms with Gasteiger partial charge in [-0.15, -0.1) is 0 Å². The van der Waals surface area contributed by atoms with Gasteiger partial charge in [0.05, 0.1) is 28.4 Å². The van der Waals surface area contributed by atoms with Crippen LogP contribution in [-0.2, 0) is 20.8 Å². The van der Waals surface area contributed by atoms with Gasteiger partial charge in [-0.05, 0) is 48.5 Å². The van der Waals surface area contributed by atoms with E-state index in [0.717, 1.165) is 30.3 Å². The van der Waals surface area contributed by atoms with Crippen molar-refractivity contribution in [3.63, 3.8) is 0 Å². The number of nitrogens with one attached hydrogen (secondary N) is 2. The van der Waals surface area contributed by atoms with Gasteiger partial charge in [0, 0.05) is 5.02 Å². The standard InChI is InChI=1S/C21H15ClF4N2O3S/c22-13-8-10-14(11-9-13)32(30,31)20-15(21(24,25)26)4-3-7-18(20)27-12-19(29)28-17-6-2-1-5-16(17)23/h1-11,27H,12H2,(H,28,29). The van der Waals surface area contributed by atoms with Crippen LogP contribution in [0.3, 0.4) is 0 Å². The molecule has 0 radical (unpaired) electrons. The second-order valence-electron chi connectivity index (χ2n) is 6.52. The molecular formula is C21H15ClF4N2O3S. The number of sulfone groups is 1. The molecule has 0 aliphatic rings. The van der Waals surface area contributed by atoms with E-state index in [-0.39, 0.29) is 10.7 Å². The van der Waals surface area contributed by atoms with Crippen molar-refractivity contribution in [3.05, 3.63) is 83.1 Å². The molecule has 1 amide bonds. The van der Waals surface area contributed by atoms with Crippen LogP contribution in [0.4, 0.5) is 28.9 Å². The molecule has 0 heterocycles. The normalized spacial score (nSPS) is 11.8. The van der Waals surface area contributed by atoms with E-state index in [9.17, 15) is 30.8 Å². The van der Waals surface area contributed by atoms with E-state index in [1.165, 1.54) is 30.3 Å². The summed E-state index contributed by atoms with van der Waals surface area (Å²) < 4.78 is 80.8. The first-order valence-electron chi connectivity index (χ1n) is 8.99. The molecule has 0 atom stereocenters. The van der Waals surface area contributed by atoms with Crippen molar-refractivity contribution in [1.29, 1.82) is 0 Å². The molecule has 32 heavy (non-hydrogen) atoms. The van der Waals surface area contributed by atoms with Gasteiger partial charge in [-0.25, -0.2) is 12.8 Å². The second-order valence-corrected chi connectivity index (χ2v) is 8.84. The maximum atomic E-state index is 13.7. The molecule has 0 aromatic heterocycles. The predicted molar refractivity (Wildman–Crippen MR) is 112 cm³/mol. The van der Waals surface area contributed by atoms with Gasteiger partial charge in [-0.3, -0.25) is 4.79 Å². The first kappa shape index (κ1) is 23.6. The van der Waals surface area contributed by atoms with Crippen molar-refractivity contribution in [2.75, 3.05) is 17.2 Å². The van der Waals surface area contributed by atoms with Gasteiger partial charge in [0.25, 0.3) is 0 Å². The largest absolute Gasteiger partial charge is 0.417 e. The van der Waals surface area contributed by atoms with E-state index in [1.807, 2.05) is 0 Å². The molecule has 0 fully saturated rings. The lowest BCUT2D eigenvalue weighted by atomic mass is 10.2. The average Bonchev–Trinajstić information content (AvgIpc) is 2.73. The summed E-state index contributed by atoms with van der Waals surface area (Å²) in [5.41, 5.74) is -1.96. The Labute approximate surface area is 185 Å². The Morgan fingerprint density at radius 1 is 0.906 bits per heavy atom. The Morgan fingerprint density at radius 2 is 1.53 bits per heavy atom. The number of hydrogen-bond donors (Lipinski definition) is 2. The maximum absolute atomic E-state index is 13.7. The molecule has 11 heteroatoms. The van der Waals surface area contributed by atoms with E-state index in [1.54, 1.807) is 0 Å². The van der Waals surface area contributed by atoms with E-state index in [0.29, 0.717) is 6.07 Å². The SMILES string of the molecule is O=C(CNc1cccc(C(F)(F)F)c1S(=O)(=O)c1ccc(Cl)cc1)Nc1ccccc1F. The number of amides is 1. The number of anilines is 2. The molecule has 0 saturated heterocycles. The van der Waals surface area contributed by atoms with E-state index >= 15 is 0 Å². The zero-order valence-corrected chi connectivity index (χ0v) is 17.7. The minimum Gasteiger partial charge on any atom is -0.375 e. The molecular weight excluding hydrogens is 472 g/mol. The number of carbonyl (C=O) groups is 1. The predicted octanol–water partition coefficient (Wildman–Crippen LogP) is 5.38. The third kappa shape index (κ3) is 5.20. The van der Waals surface area contributed by atoms with Crippen molar-refractivity contribution >= 4 is 38.7 Å². The monoisotopic (exact) mass is 486 g/mol. The molecule has 3 aromatic carbocycles. The Balaban J connectivity index is 1.97. The fraction of sp³-hybridized carbons (Fsp3) is 0.0952. The van der Waals surface area contributed by atoms with Crippen LogP contribution in [0.5, 0.6) is 0 Å². The van der Waals surface area contributed by atoms with Gasteiger partial charge in [-0.1, -0.05) is 29.8 Å². The third-order valence-corrected chi connectivity index (χ3v) is 6.42. The first-order chi connectivity index (χ1) is 15.0. The minimum absolute atomic E-state index is 0.127. The van der Waals surface area contributed by atoms with Crippen LogP contribution in [0.15, 0.2) is 76.5 Å². The van der Waals surface area contributed by atoms with Crippen LogP contribution in [0.1, 0.15) is 5.56 Å². The van der Waals surface area contributed by atoms with Crippen LogP contribution < -0.4 is 10.6 Å². The van der Waals surface area contributed by atoms with E-state index in [2.05, 4.69) is 10.6 Å². The Bertz CT molecular complexity index is 1250. The molecule has 0 unspecified atom stereocenters. The smallest absolute Gasteiger partial charge is 0.375 e. The summed E-state index contributed by atoms with van der Waals surface area (Å²) in [6, 6.07) is 12.7. The summed E-state index contributed by atoms with van der Waals surface area (Å²) in [4.78, 5) is 10.7. The van der Waals surface area contributed by atoms with Crippen molar-refractivity contribution in [2.45, 2.75) is 16.0 Å². The van der Waals surface area contributed by atoms with Crippen molar-refractivity contribution in [1.82, 2.24) is 0 Å². The van der Waals surface area contributed by atoms with Crippen LogP contribution in [-0.4, -0.2) is 20.9 Å². The van der Waals surface area contributed by atoms with E-state index in [4.69, 9.17) is 11.6 Å². The zero-order chi connectivity index (χ0) is 23.5. The third-order valence-electron chi connectivity index (χ3n) is 4.30. The highest BCUT2D eigenvalue weighted by atomic mass is 35.5. The van der Waals surface area contributed by atoms with Crippen LogP contribution in [0.25, 0.3) is 0 Å². The van der Waals surface area contributed by atoms with E-state index < -0.39 is 55.3 Å². The fourth-order valence-electron chi connectivity index (χ4n) is 2.85. The molecule has 2 N–H and O–H groups in total. The molecule has 168 valence electrons. The topological polar surface area (TPSA) is 75.3 Å². The van der Waals surface area contributed by atoms with Gasteiger partial charge in [0.1, 0.15) is 10.7 Å². The number of carbonyl (C=O) groups excluding carboxylic acids is 1. The molecule has 0 saturated carbocycles. The lowest BCUT2D eigenvalue weighted by Gasteiger charge is -2.18. The van der Waals surface area contributed by atoms with Crippen molar-refractivity contribution < 1.29 is 30.8 Å². The van der Waals surface area contributed by atoms with Gasteiger partial charge in [-0.2, -0.15) is 13.2 Å². The number of halogens is 5. The van der Waals surface area contributed by atoms with Crippen molar-refractivity contribution in [2.24, 2.45) is 0 Å². The van der Waals surface area contributed by atoms with Crippen LogP contribution >= 0.6 is 11.6 Å². The molecule has 5 nitrogen and oxygen atoms in total. The first-order valence-corrected chi connectivity index (χ1v) is 10.9. The highest BCUT2D eigenvalue weighted by Gasteiger charge is 2.39. The molecule has 3 rings (SSSR count). The summed E-state index contributed by atoms with van der Waals surface area (Å²) in [6.45, 7) is -0.612. The maximum Gasteiger partial charge on any atom is 0.417 e. The van der Waals surface area contributed by atoms with Crippen molar-refractivity contribution in [3.8, 4) is 0 Å². The Kier molecular flexibility index (Phi) is 6.75. The van der Waals surface area contributed by atoms with Gasteiger partial charge in [0.15, 0.2) is 0 Å². The summed E-state index contributed by atoms with van der Waals surface area (Å²) in [7, 11) is -4.65. The number of para-hydroxylation sites is 1. The molecule has 0 spiro atoms. The van der Waals surface area contributed by atoms with Gasteiger partial charge >= 0.3 is 6.18 Å². The highest BCUT2D eigenvalue weighted by Crippen LogP contribution is 2.40. The zero-order valence-electron chi connectivity index (χ0n) is 16.1.